The van der Waals surface area contributed by atoms with Crippen LogP contribution in [0.25, 0.3) is 10.9 Å². The molecule has 1 saturated heterocycles. The molecule has 0 bridgehead atoms. The van der Waals surface area contributed by atoms with Crippen LogP contribution in [0.3, 0.4) is 0 Å². The van der Waals surface area contributed by atoms with Crippen molar-refractivity contribution in [3.63, 3.8) is 0 Å². The molecule has 1 atom stereocenters. The fourth-order valence-electron chi connectivity index (χ4n) is 3.20. The Kier molecular flexibility index (Phi) is 3.20. The molecule has 1 unspecified atom stereocenters. The van der Waals surface area contributed by atoms with Gasteiger partial charge in [0.15, 0.2) is 0 Å². The lowest BCUT2D eigenvalue weighted by Gasteiger charge is -2.12. The molecule has 1 aromatic carbocycles. The molecule has 1 aromatic heterocycles. The van der Waals surface area contributed by atoms with Gasteiger partial charge in [0, 0.05) is 35.1 Å². The molecule has 1 aliphatic rings. The summed E-state index contributed by atoms with van der Waals surface area (Å²) in [6, 6.07) is 6.64. The van der Waals surface area contributed by atoms with Crippen molar-refractivity contribution in [2.24, 2.45) is 7.05 Å². The minimum absolute atomic E-state index is 0.640. The van der Waals surface area contributed by atoms with Crippen molar-refractivity contribution in [1.29, 1.82) is 0 Å². The quantitative estimate of drug-likeness (QED) is 0.897. The number of aromatic nitrogens is 1. The Balaban J connectivity index is 2.26. The number of fused-ring (bicyclic) bond motifs is 1. The first-order chi connectivity index (χ1) is 8.74. The van der Waals surface area contributed by atoms with E-state index >= 15 is 0 Å². The van der Waals surface area contributed by atoms with Crippen LogP contribution in [0, 0.1) is 0 Å². The van der Waals surface area contributed by atoms with Crippen LogP contribution in [0.4, 0.5) is 0 Å². The Morgan fingerprint density at radius 2 is 2.28 bits per heavy atom. The Morgan fingerprint density at radius 3 is 2.94 bits per heavy atom. The number of halogens is 1. The van der Waals surface area contributed by atoms with Crippen LogP contribution in [0.2, 0.25) is 0 Å². The zero-order valence-electron chi connectivity index (χ0n) is 11.0. The summed E-state index contributed by atoms with van der Waals surface area (Å²) >= 11 is 3.83. The zero-order chi connectivity index (χ0) is 12.7. The van der Waals surface area contributed by atoms with Gasteiger partial charge >= 0.3 is 0 Å². The lowest BCUT2D eigenvalue weighted by Crippen LogP contribution is -2.10. The van der Waals surface area contributed by atoms with Gasteiger partial charge in [-0.15, -0.1) is 0 Å². The summed E-state index contributed by atoms with van der Waals surface area (Å²) in [5.74, 6) is 0.640. The third-order valence-corrected chi connectivity index (χ3v) is 4.94. The third kappa shape index (κ3) is 1.72. The largest absolute Gasteiger partial charge is 0.346 e. The maximum atomic E-state index is 3.83. The second kappa shape index (κ2) is 4.71. The van der Waals surface area contributed by atoms with Gasteiger partial charge in [-0.3, -0.25) is 0 Å². The van der Waals surface area contributed by atoms with Gasteiger partial charge in [0.1, 0.15) is 0 Å². The number of nitrogens with one attached hydrogen (secondary N) is 1. The molecule has 0 spiro atoms. The minimum Gasteiger partial charge on any atom is -0.346 e. The zero-order valence-corrected chi connectivity index (χ0v) is 12.5. The standard InChI is InChI=1S/C15H19BrN2/c1-3-10-5-4-6-12-13(16)15(18(2)14(10)12)11-7-8-17-9-11/h4-6,11,17H,3,7-9H2,1-2H3. The number of hydrogen-bond donors (Lipinski definition) is 1. The van der Waals surface area contributed by atoms with E-state index in [9.17, 15) is 0 Å². The first-order valence-electron chi connectivity index (χ1n) is 6.70. The summed E-state index contributed by atoms with van der Waals surface area (Å²) in [6.07, 6.45) is 2.33. The molecule has 18 heavy (non-hydrogen) atoms. The van der Waals surface area contributed by atoms with E-state index in [-0.39, 0.29) is 0 Å². The van der Waals surface area contributed by atoms with E-state index in [1.54, 1.807) is 0 Å². The maximum absolute atomic E-state index is 3.83. The molecule has 2 nitrogen and oxygen atoms in total. The average Bonchev–Trinajstić information content (AvgIpc) is 2.98. The van der Waals surface area contributed by atoms with Gasteiger partial charge in [-0.2, -0.15) is 0 Å². The highest BCUT2D eigenvalue weighted by atomic mass is 79.9. The van der Waals surface area contributed by atoms with Crippen molar-refractivity contribution in [2.75, 3.05) is 13.1 Å². The van der Waals surface area contributed by atoms with E-state index in [2.05, 4.69) is 58.0 Å². The number of hydrogen-bond acceptors (Lipinski definition) is 1. The smallest absolute Gasteiger partial charge is 0.0524 e. The highest BCUT2D eigenvalue weighted by Gasteiger charge is 2.24. The molecule has 0 aliphatic carbocycles. The Labute approximate surface area is 116 Å². The second-order valence-electron chi connectivity index (χ2n) is 5.11. The second-order valence-corrected chi connectivity index (χ2v) is 5.91. The van der Waals surface area contributed by atoms with Crippen LogP contribution >= 0.6 is 15.9 Å². The summed E-state index contributed by atoms with van der Waals surface area (Å²) in [5, 5.41) is 4.82. The van der Waals surface area contributed by atoms with Gasteiger partial charge in [-0.1, -0.05) is 25.1 Å². The van der Waals surface area contributed by atoms with Gasteiger partial charge in [-0.25, -0.2) is 0 Å². The first-order valence-corrected chi connectivity index (χ1v) is 7.49. The molecule has 96 valence electrons. The molecule has 2 heterocycles. The highest BCUT2D eigenvalue weighted by Crippen LogP contribution is 2.38. The molecule has 3 rings (SSSR count). The molecule has 0 saturated carbocycles. The number of benzene rings is 1. The van der Waals surface area contributed by atoms with Crippen molar-refractivity contribution >= 4 is 26.8 Å². The molecule has 3 heteroatoms. The van der Waals surface area contributed by atoms with E-state index in [4.69, 9.17) is 0 Å². The van der Waals surface area contributed by atoms with Gasteiger partial charge in [-0.05, 0) is 40.9 Å². The Bertz CT molecular complexity index is 580. The maximum Gasteiger partial charge on any atom is 0.0524 e. The molecule has 1 N–H and O–H groups in total. The average molecular weight is 307 g/mol. The predicted octanol–water partition coefficient (Wildman–Crippen LogP) is 3.58. The van der Waals surface area contributed by atoms with Crippen molar-refractivity contribution in [3.8, 4) is 0 Å². The van der Waals surface area contributed by atoms with E-state index in [0.717, 1.165) is 19.5 Å². The lowest BCUT2D eigenvalue weighted by molar-refractivity contribution is 0.689. The van der Waals surface area contributed by atoms with E-state index in [0.29, 0.717) is 5.92 Å². The molecule has 2 aromatic rings. The Morgan fingerprint density at radius 1 is 1.44 bits per heavy atom. The molecular weight excluding hydrogens is 288 g/mol. The SMILES string of the molecule is CCc1cccc2c(Br)c(C3CCNC3)n(C)c12. The van der Waals surface area contributed by atoms with Crippen LogP contribution in [0.1, 0.15) is 30.5 Å². The normalized spacial score (nSPS) is 19.8. The van der Waals surface area contributed by atoms with Crippen LogP contribution in [-0.2, 0) is 13.5 Å². The van der Waals surface area contributed by atoms with Crippen molar-refractivity contribution < 1.29 is 0 Å². The van der Waals surface area contributed by atoms with Crippen molar-refractivity contribution in [1.82, 2.24) is 9.88 Å². The van der Waals surface area contributed by atoms with Crippen LogP contribution < -0.4 is 5.32 Å². The first kappa shape index (κ1) is 12.2. The van der Waals surface area contributed by atoms with Crippen molar-refractivity contribution in [3.05, 3.63) is 33.9 Å². The molecular formula is C15H19BrN2. The van der Waals surface area contributed by atoms with E-state index < -0.39 is 0 Å². The summed E-state index contributed by atoms with van der Waals surface area (Å²) < 4.78 is 3.69. The predicted molar refractivity (Wildman–Crippen MR) is 80.2 cm³/mol. The van der Waals surface area contributed by atoms with E-state index in [1.165, 1.54) is 33.1 Å². The third-order valence-electron chi connectivity index (χ3n) is 4.11. The molecule has 0 radical (unpaired) electrons. The molecule has 1 fully saturated rings. The number of para-hydroxylation sites is 1. The fourth-order valence-corrected chi connectivity index (χ4v) is 4.11. The molecule has 0 amide bonds. The Hall–Kier alpha value is -0.800. The van der Waals surface area contributed by atoms with Gasteiger partial charge in [0.2, 0.25) is 0 Å². The topological polar surface area (TPSA) is 17.0 Å². The molecule has 1 aliphatic heterocycles. The van der Waals surface area contributed by atoms with Gasteiger partial charge < -0.3 is 9.88 Å². The fraction of sp³-hybridized carbons (Fsp3) is 0.467. The summed E-state index contributed by atoms with van der Waals surface area (Å²) in [6.45, 7) is 4.47. The van der Waals surface area contributed by atoms with Gasteiger partial charge in [0.05, 0.1) is 5.52 Å². The van der Waals surface area contributed by atoms with Crippen LogP contribution in [-0.4, -0.2) is 17.7 Å². The summed E-state index contributed by atoms with van der Waals surface area (Å²) in [4.78, 5) is 0. The lowest BCUT2D eigenvalue weighted by atomic mass is 10.0. The van der Waals surface area contributed by atoms with Gasteiger partial charge in [0.25, 0.3) is 0 Å². The summed E-state index contributed by atoms with van der Waals surface area (Å²) in [5.41, 5.74) is 4.29. The summed E-state index contributed by atoms with van der Waals surface area (Å²) in [7, 11) is 2.21. The van der Waals surface area contributed by atoms with Crippen LogP contribution in [0.5, 0.6) is 0 Å². The van der Waals surface area contributed by atoms with Crippen molar-refractivity contribution in [2.45, 2.75) is 25.7 Å². The number of nitrogens with zero attached hydrogens (tertiary/aromatic N) is 1. The highest BCUT2D eigenvalue weighted by molar-refractivity contribution is 9.10. The number of aryl methyl sites for hydroxylation is 2. The monoisotopic (exact) mass is 306 g/mol. The van der Waals surface area contributed by atoms with Crippen LogP contribution in [0.15, 0.2) is 22.7 Å². The van der Waals surface area contributed by atoms with E-state index in [1.807, 2.05) is 0 Å². The minimum atomic E-state index is 0.640. The number of rotatable bonds is 2.